The smallest absolute Gasteiger partial charge is 0.237 e. The molecule has 0 saturated heterocycles. The monoisotopic (exact) mass is 208 g/mol. The Balaban J connectivity index is 2.49. The Labute approximate surface area is 91.9 Å². The molecule has 1 N–H and O–H groups in total. The molecule has 1 aliphatic carbocycles. The van der Waals surface area contributed by atoms with Crippen molar-refractivity contribution >= 4 is 5.91 Å². The lowest BCUT2D eigenvalue weighted by molar-refractivity contribution is -0.124. The van der Waals surface area contributed by atoms with E-state index in [1.807, 2.05) is 13.0 Å². The number of nitrogens with one attached hydrogen (secondary N) is 1. The van der Waals surface area contributed by atoms with Crippen molar-refractivity contribution in [3.8, 4) is 6.07 Å². The number of carbonyl (C=O) groups excluding carboxylic acids is 1. The van der Waals surface area contributed by atoms with E-state index in [-0.39, 0.29) is 11.9 Å². The molecule has 1 aliphatic rings. The highest BCUT2D eigenvalue weighted by Crippen LogP contribution is 2.31. The number of nitriles is 1. The van der Waals surface area contributed by atoms with Crippen LogP contribution in [0.4, 0.5) is 0 Å². The molecule has 3 heteroatoms. The number of amides is 1. The second-order valence-corrected chi connectivity index (χ2v) is 4.62. The van der Waals surface area contributed by atoms with Crippen molar-refractivity contribution in [3.63, 3.8) is 0 Å². The highest BCUT2D eigenvalue weighted by Gasteiger charge is 2.31. The fourth-order valence-corrected chi connectivity index (χ4v) is 2.19. The summed E-state index contributed by atoms with van der Waals surface area (Å²) in [7, 11) is 0. The Bertz CT molecular complexity index is 269. The molecule has 1 saturated carbocycles. The molecule has 1 amide bonds. The molecule has 0 aliphatic heterocycles. The van der Waals surface area contributed by atoms with E-state index in [9.17, 15) is 4.79 Å². The third-order valence-electron chi connectivity index (χ3n) is 3.67. The third kappa shape index (κ3) is 2.71. The lowest BCUT2D eigenvalue weighted by Crippen LogP contribution is -2.40. The van der Waals surface area contributed by atoms with Gasteiger partial charge in [-0.1, -0.05) is 20.8 Å². The minimum Gasteiger partial charge on any atom is -0.352 e. The molecule has 15 heavy (non-hydrogen) atoms. The molecule has 0 heterocycles. The Morgan fingerprint density at radius 1 is 1.53 bits per heavy atom. The Kier molecular flexibility index (Phi) is 4.14. The summed E-state index contributed by atoms with van der Waals surface area (Å²) >= 11 is 0. The van der Waals surface area contributed by atoms with Gasteiger partial charge in [0, 0.05) is 6.04 Å². The Hall–Kier alpha value is -1.04. The molecule has 84 valence electrons. The molecule has 0 aromatic carbocycles. The van der Waals surface area contributed by atoms with Crippen LogP contribution in [0.25, 0.3) is 0 Å². The van der Waals surface area contributed by atoms with E-state index >= 15 is 0 Å². The SMILES string of the molecule is CCC(C#N)C(=O)NC1CCC(C)C1C. The Morgan fingerprint density at radius 2 is 2.20 bits per heavy atom. The van der Waals surface area contributed by atoms with Crippen LogP contribution in [-0.4, -0.2) is 11.9 Å². The standard InChI is InChI=1S/C12H20N2O/c1-4-10(7-13)12(15)14-11-6-5-8(2)9(11)3/h8-11H,4-6H2,1-3H3,(H,14,15). The van der Waals surface area contributed by atoms with Gasteiger partial charge in [0.15, 0.2) is 0 Å². The summed E-state index contributed by atoms with van der Waals surface area (Å²) in [5, 5.41) is 11.8. The van der Waals surface area contributed by atoms with Crippen molar-refractivity contribution in [1.29, 1.82) is 5.26 Å². The fraction of sp³-hybridized carbons (Fsp3) is 0.833. The van der Waals surface area contributed by atoms with Crippen molar-refractivity contribution < 1.29 is 4.79 Å². The molecule has 0 spiro atoms. The van der Waals surface area contributed by atoms with Crippen LogP contribution in [0.5, 0.6) is 0 Å². The lowest BCUT2D eigenvalue weighted by Gasteiger charge is -2.20. The molecule has 1 rings (SSSR count). The number of carbonyl (C=O) groups is 1. The van der Waals surface area contributed by atoms with Crippen molar-refractivity contribution in [2.75, 3.05) is 0 Å². The topological polar surface area (TPSA) is 52.9 Å². The molecule has 0 bridgehead atoms. The average molecular weight is 208 g/mol. The summed E-state index contributed by atoms with van der Waals surface area (Å²) in [6.07, 6.45) is 2.82. The lowest BCUT2D eigenvalue weighted by atomic mass is 9.97. The predicted molar refractivity (Wildman–Crippen MR) is 58.9 cm³/mol. The summed E-state index contributed by atoms with van der Waals surface area (Å²) < 4.78 is 0. The van der Waals surface area contributed by atoms with Crippen molar-refractivity contribution in [3.05, 3.63) is 0 Å². The highest BCUT2D eigenvalue weighted by atomic mass is 16.1. The Morgan fingerprint density at radius 3 is 2.60 bits per heavy atom. The van der Waals surface area contributed by atoms with E-state index in [1.54, 1.807) is 0 Å². The van der Waals surface area contributed by atoms with Gasteiger partial charge in [-0.15, -0.1) is 0 Å². The average Bonchev–Trinajstić information content (AvgIpc) is 2.52. The van der Waals surface area contributed by atoms with Gasteiger partial charge >= 0.3 is 0 Å². The summed E-state index contributed by atoms with van der Waals surface area (Å²) in [6, 6.07) is 2.31. The van der Waals surface area contributed by atoms with Gasteiger partial charge in [-0.2, -0.15) is 5.26 Å². The zero-order valence-electron chi connectivity index (χ0n) is 9.79. The van der Waals surface area contributed by atoms with Crippen LogP contribution in [0.3, 0.4) is 0 Å². The molecule has 1 fully saturated rings. The van der Waals surface area contributed by atoms with Crippen LogP contribution < -0.4 is 5.32 Å². The second kappa shape index (κ2) is 5.16. The van der Waals surface area contributed by atoms with Gasteiger partial charge in [-0.05, 0) is 31.1 Å². The predicted octanol–water partition coefficient (Wildman–Crippen LogP) is 2.09. The molecular weight excluding hydrogens is 188 g/mol. The minimum absolute atomic E-state index is 0.0917. The first kappa shape index (κ1) is 12.0. The summed E-state index contributed by atoms with van der Waals surface area (Å²) in [6.45, 7) is 6.27. The van der Waals surface area contributed by atoms with Gasteiger partial charge in [0.1, 0.15) is 5.92 Å². The summed E-state index contributed by atoms with van der Waals surface area (Å²) in [4.78, 5) is 11.7. The van der Waals surface area contributed by atoms with Gasteiger partial charge in [-0.25, -0.2) is 0 Å². The van der Waals surface area contributed by atoms with Crippen LogP contribution in [0, 0.1) is 29.1 Å². The molecule has 4 atom stereocenters. The molecule has 0 aromatic heterocycles. The third-order valence-corrected chi connectivity index (χ3v) is 3.67. The molecular formula is C12H20N2O. The van der Waals surface area contributed by atoms with E-state index in [4.69, 9.17) is 5.26 Å². The van der Waals surface area contributed by atoms with Gasteiger partial charge in [0.25, 0.3) is 0 Å². The van der Waals surface area contributed by atoms with E-state index in [0.29, 0.717) is 18.3 Å². The zero-order chi connectivity index (χ0) is 11.4. The second-order valence-electron chi connectivity index (χ2n) is 4.62. The molecule has 3 nitrogen and oxygen atoms in total. The fourth-order valence-electron chi connectivity index (χ4n) is 2.19. The van der Waals surface area contributed by atoms with E-state index in [2.05, 4.69) is 19.2 Å². The van der Waals surface area contributed by atoms with E-state index in [1.165, 1.54) is 6.42 Å². The minimum atomic E-state index is -0.479. The maximum atomic E-state index is 11.7. The molecule has 0 aromatic rings. The maximum absolute atomic E-state index is 11.7. The van der Waals surface area contributed by atoms with Crippen molar-refractivity contribution in [2.24, 2.45) is 17.8 Å². The van der Waals surface area contributed by atoms with Crippen LogP contribution in [0.1, 0.15) is 40.0 Å². The number of hydrogen-bond donors (Lipinski definition) is 1. The van der Waals surface area contributed by atoms with Crippen molar-refractivity contribution in [2.45, 2.75) is 46.1 Å². The number of nitrogens with zero attached hydrogens (tertiary/aromatic N) is 1. The summed E-state index contributed by atoms with van der Waals surface area (Å²) in [5.41, 5.74) is 0. The normalized spacial score (nSPS) is 32.0. The van der Waals surface area contributed by atoms with Crippen LogP contribution in [0.2, 0.25) is 0 Å². The maximum Gasteiger partial charge on any atom is 0.237 e. The zero-order valence-corrected chi connectivity index (χ0v) is 9.79. The highest BCUT2D eigenvalue weighted by molar-refractivity contribution is 5.81. The van der Waals surface area contributed by atoms with Crippen LogP contribution >= 0.6 is 0 Å². The van der Waals surface area contributed by atoms with E-state index in [0.717, 1.165) is 6.42 Å². The largest absolute Gasteiger partial charge is 0.352 e. The number of hydrogen-bond acceptors (Lipinski definition) is 2. The van der Waals surface area contributed by atoms with E-state index < -0.39 is 5.92 Å². The van der Waals surface area contributed by atoms with Crippen LogP contribution in [0.15, 0.2) is 0 Å². The quantitative estimate of drug-likeness (QED) is 0.772. The molecule has 0 radical (unpaired) electrons. The first-order valence-electron chi connectivity index (χ1n) is 5.80. The van der Waals surface area contributed by atoms with Gasteiger partial charge in [-0.3, -0.25) is 4.79 Å². The van der Waals surface area contributed by atoms with Gasteiger partial charge < -0.3 is 5.32 Å². The summed E-state index contributed by atoms with van der Waals surface area (Å²) in [5.74, 6) is 0.640. The van der Waals surface area contributed by atoms with Crippen molar-refractivity contribution in [1.82, 2.24) is 5.32 Å². The first-order chi connectivity index (χ1) is 7.10. The van der Waals surface area contributed by atoms with Gasteiger partial charge in [0.05, 0.1) is 6.07 Å². The molecule has 4 unspecified atom stereocenters. The first-order valence-corrected chi connectivity index (χ1v) is 5.80. The van der Waals surface area contributed by atoms with Gasteiger partial charge in [0.2, 0.25) is 5.91 Å². The van der Waals surface area contributed by atoms with Crippen LogP contribution in [-0.2, 0) is 4.79 Å². The number of rotatable bonds is 3.